The van der Waals surface area contributed by atoms with Gasteiger partial charge in [0, 0.05) is 23.3 Å². The van der Waals surface area contributed by atoms with E-state index in [4.69, 9.17) is 33.5 Å². The van der Waals surface area contributed by atoms with Crippen LogP contribution in [-0.4, -0.2) is 21.8 Å². The summed E-state index contributed by atoms with van der Waals surface area (Å²) >= 11 is 12.5. The summed E-state index contributed by atoms with van der Waals surface area (Å²) in [5, 5.41) is 4.73. The second-order valence-corrected chi connectivity index (χ2v) is 10.5. The number of nitrogens with zero attached hydrogens (tertiary/aromatic N) is 3. The van der Waals surface area contributed by atoms with E-state index in [1.54, 1.807) is 7.11 Å². The molecule has 0 aliphatic carbocycles. The van der Waals surface area contributed by atoms with Crippen molar-refractivity contribution in [3.05, 3.63) is 105 Å². The first-order valence-electron chi connectivity index (χ1n) is 12.3. The molecule has 0 unspecified atom stereocenters. The van der Waals surface area contributed by atoms with E-state index >= 15 is 0 Å². The van der Waals surface area contributed by atoms with Crippen molar-refractivity contribution in [1.29, 1.82) is 0 Å². The Labute approximate surface area is 229 Å². The molecule has 37 heavy (non-hydrogen) atoms. The van der Waals surface area contributed by atoms with Crippen LogP contribution in [0.4, 0.5) is 5.69 Å². The third-order valence-corrected chi connectivity index (χ3v) is 7.77. The first-order valence-corrected chi connectivity index (χ1v) is 13.1. The Bertz CT molecular complexity index is 1470. The third-order valence-electron chi connectivity index (χ3n) is 7.16. The van der Waals surface area contributed by atoms with Gasteiger partial charge in [-0.25, -0.2) is 0 Å². The normalized spacial score (nSPS) is 17.3. The van der Waals surface area contributed by atoms with Crippen molar-refractivity contribution in [2.75, 3.05) is 12.0 Å². The topological polar surface area (TPSA) is 42.3 Å². The molecule has 2 atom stereocenters. The Kier molecular flexibility index (Phi) is 6.73. The van der Waals surface area contributed by atoms with Gasteiger partial charge in [0.25, 0.3) is 0 Å². The van der Waals surface area contributed by atoms with Crippen molar-refractivity contribution >= 4 is 34.6 Å². The van der Waals surface area contributed by atoms with E-state index in [9.17, 15) is 0 Å². The molecule has 4 aromatic rings. The van der Waals surface area contributed by atoms with Crippen LogP contribution < -0.4 is 15.0 Å². The van der Waals surface area contributed by atoms with Crippen molar-refractivity contribution in [3.8, 4) is 11.4 Å². The van der Waals surface area contributed by atoms with Crippen LogP contribution in [0.25, 0.3) is 5.69 Å². The molecule has 7 heteroatoms. The quantitative estimate of drug-likeness (QED) is 0.275. The highest BCUT2D eigenvalue weighted by Crippen LogP contribution is 2.45. The van der Waals surface area contributed by atoms with Gasteiger partial charge in [0.15, 0.2) is 5.11 Å². The fraction of sp³-hybridized carbons (Fsp3) is 0.267. The SMILES string of the molecule is COc1ccc(N2C(=S)N[C@@H](c3ccccn3)[C@H]2c2cc(C)n(-c3c(C)cc(C)cc3C)c2C)cc1Cl. The van der Waals surface area contributed by atoms with Crippen LogP contribution in [0, 0.1) is 34.6 Å². The minimum Gasteiger partial charge on any atom is -0.495 e. The summed E-state index contributed by atoms with van der Waals surface area (Å²) in [5.41, 5.74) is 10.4. The molecule has 190 valence electrons. The van der Waals surface area contributed by atoms with E-state index in [2.05, 4.69) is 67.6 Å². The molecule has 0 bridgehead atoms. The summed E-state index contributed by atoms with van der Waals surface area (Å²) in [6, 6.07) is 18.3. The summed E-state index contributed by atoms with van der Waals surface area (Å²) in [6.45, 7) is 10.9. The fourth-order valence-corrected chi connectivity index (χ4v) is 6.31. The number of pyridine rings is 1. The van der Waals surface area contributed by atoms with Gasteiger partial charge in [0.2, 0.25) is 0 Å². The lowest BCUT2D eigenvalue weighted by Gasteiger charge is -2.28. The molecule has 1 saturated heterocycles. The highest BCUT2D eigenvalue weighted by molar-refractivity contribution is 7.80. The molecule has 2 aromatic heterocycles. The number of hydrogen-bond acceptors (Lipinski definition) is 3. The zero-order valence-corrected chi connectivity index (χ0v) is 23.5. The first-order chi connectivity index (χ1) is 17.7. The number of ether oxygens (including phenoxy) is 1. The summed E-state index contributed by atoms with van der Waals surface area (Å²) in [4.78, 5) is 6.85. The first kappa shape index (κ1) is 25.3. The van der Waals surface area contributed by atoms with Crippen molar-refractivity contribution in [2.45, 2.75) is 46.7 Å². The average Bonchev–Trinajstić information content (AvgIpc) is 3.35. The van der Waals surface area contributed by atoms with E-state index in [-0.39, 0.29) is 12.1 Å². The van der Waals surface area contributed by atoms with E-state index in [1.807, 2.05) is 42.6 Å². The molecule has 1 N–H and O–H groups in total. The number of aromatic nitrogens is 2. The van der Waals surface area contributed by atoms with Gasteiger partial charge < -0.3 is 19.5 Å². The van der Waals surface area contributed by atoms with Gasteiger partial charge in [-0.15, -0.1) is 0 Å². The molecule has 1 aliphatic rings. The van der Waals surface area contributed by atoms with Crippen molar-refractivity contribution in [2.24, 2.45) is 0 Å². The van der Waals surface area contributed by atoms with Crippen LogP contribution in [0.3, 0.4) is 0 Å². The Hall–Kier alpha value is -3.35. The third kappa shape index (κ3) is 4.38. The number of aryl methyl sites for hydroxylation is 4. The highest BCUT2D eigenvalue weighted by atomic mass is 35.5. The van der Waals surface area contributed by atoms with Crippen molar-refractivity contribution in [1.82, 2.24) is 14.9 Å². The van der Waals surface area contributed by atoms with E-state index in [0.717, 1.165) is 11.4 Å². The second-order valence-electron chi connectivity index (χ2n) is 9.72. The maximum absolute atomic E-state index is 6.56. The minimum atomic E-state index is -0.135. The zero-order chi connectivity index (χ0) is 26.4. The molecule has 5 nitrogen and oxygen atoms in total. The fourth-order valence-electron chi connectivity index (χ4n) is 5.71. The van der Waals surface area contributed by atoms with Gasteiger partial charge in [-0.05, 0) is 99.9 Å². The number of anilines is 1. The Morgan fingerprint density at radius 1 is 0.973 bits per heavy atom. The van der Waals surface area contributed by atoms with Gasteiger partial charge in [-0.3, -0.25) is 4.98 Å². The minimum absolute atomic E-state index is 0.127. The lowest BCUT2D eigenvalue weighted by atomic mass is 9.96. The van der Waals surface area contributed by atoms with Gasteiger partial charge in [0.1, 0.15) is 5.75 Å². The molecule has 0 spiro atoms. The molecule has 5 rings (SSSR count). The Morgan fingerprint density at radius 2 is 1.70 bits per heavy atom. The average molecular weight is 531 g/mol. The summed E-state index contributed by atoms with van der Waals surface area (Å²) < 4.78 is 7.77. The molecule has 0 radical (unpaired) electrons. The molecule has 1 aliphatic heterocycles. The monoisotopic (exact) mass is 530 g/mol. The highest BCUT2D eigenvalue weighted by Gasteiger charge is 2.42. The zero-order valence-electron chi connectivity index (χ0n) is 22.0. The maximum atomic E-state index is 6.56. The van der Waals surface area contributed by atoms with Gasteiger partial charge in [0.05, 0.1) is 35.6 Å². The Morgan fingerprint density at radius 3 is 2.32 bits per heavy atom. The van der Waals surface area contributed by atoms with Gasteiger partial charge in [-0.2, -0.15) is 0 Å². The van der Waals surface area contributed by atoms with Gasteiger partial charge in [-0.1, -0.05) is 35.4 Å². The predicted molar refractivity (Wildman–Crippen MR) is 155 cm³/mol. The van der Waals surface area contributed by atoms with Crippen LogP contribution in [-0.2, 0) is 0 Å². The predicted octanol–water partition coefficient (Wildman–Crippen LogP) is 7.25. The van der Waals surface area contributed by atoms with Crippen LogP contribution in [0.2, 0.25) is 5.02 Å². The molecule has 0 saturated carbocycles. The van der Waals surface area contributed by atoms with Crippen LogP contribution >= 0.6 is 23.8 Å². The molecular weight excluding hydrogens is 500 g/mol. The largest absolute Gasteiger partial charge is 0.495 e. The summed E-state index contributed by atoms with van der Waals surface area (Å²) in [5.74, 6) is 0.629. The van der Waals surface area contributed by atoms with E-state index in [1.165, 1.54) is 39.3 Å². The molecule has 0 amide bonds. The standard InChI is InChI=1S/C30H31ClN4OS/c1-17-13-18(2)28(19(3)14-17)34-20(4)15-23(21(34)5)29-27(25-9-7-8-12-32-25)33-30(37)35(29)22-10-11-26(36-6)24(31)16-22/h7-16,27,29H,1-6H3,(H,33,37)/t27-,29+/m0/s1. The second kappa shape index (κ2) is 9.84. The number of thiocarbonyl (C=S) groups is 1. The molecule has 3 heterocycles. The van der Waals surface area contributed by atoms with E-state index < -0.39 is 0 Å². The number of nitrogens with one attached hydrogen (secondary N) is 1. The number of hydrogen-bond donors (Lipinski definition) is 1. The van der Waals surface area contributed by atoms with Crippen molar-refractivity contribution < 1.29 is 4.74 Å². The number of methoxy groups -OCH3 is 1. The maximum Gasteiger partial charge on any atom is 0.174 e. The lowest BCUT2D eigenvalue weighted by Crippen LogP contribution is -2.29. The van der Waals surface area contributed by atoms with Crippen LogP contribution in [0.15, 0.2) is 60.8 Å². The summed E-state index contributed by atoms with van der Waals surface area (Å²) in [6.07, 6.45) is 1.83. The Balaban J connectivity index is 1.71. The molecular formula is C30H31ClN4OS. The molecule has 2 aromatic carbocycles. The van der Waals surface area contributed by atoms with E-state index in [0.29, 0.717) is 15.9 Å². The smallest absolute Gasteiger partial charge is 0.174 e. The lowest BCUT2D eigenvalue weighted by molar-refractivity contribution is 0.415. The number of benzene rings is 2. The number of halogens is 1. The van der Waals surface area contributed by atoms with Crippen LogP contribution in [0.5, 0.6) is 5.75 Å². The molecule has 1 fully saturated rings. The summed E-state index contributed by atoms with van der Waals surface area (Å²) in [7, 11) is 1.62. The van der Waals surface area contributed by atoms with Gasteiger partial charge >= 0.3 is 0 Å². The number of rotatable bonds is 5. The van der Waals surface area contributed by atoms with Crippen LogP contribution in [0.1, 0.15) is 51.4 Å². The van der Waals surface area contributed by atoms with Crippen molar-refractivity contribution in [3.63, 3.8) is 0 Å².